The molecule has 0 unspecified atom stereocenters. The van der Waals surface area contributed by atoms with Crippen molar-refractivity contribution in [1.82, 2.24) is 9.97 Å². The summed E-state index contributed by atoms with van der Waals surface area (Å²) >= 11 is 0. The number of anilines is 2. The van der Waals surface area contributed by atoms with Crippen molar-refractivity contribution in [3.05, 3.63) is 41.9 Å². The maximum absolute atomic E-state index is 8.53. The number of ether oxygens (including phenoxy) is 2. The number of hydrogen-bond donors (Lipinski definition) is 2. The molecule has 2 aromatic rings. The summed E-state index contributed by atoms with van der Waals surface area (Å²) in [6, 6.07) is 7.17. The lowest BCUT2D eigenvalue weighted by Crippen LogP contribution is -2.36. The van der Waals surface area contributed by atoms with Gasteiger partial charge in [0.1, 0.15) is 17.9 Å². The van der Waals surface area contributed by atoms with Gasteiger partial charge in [0.25, 0.3) is 0 Å². The van der Waals surface area contributed by atoms with Crippen LogP contribution in [-0.4, -0.2) is 48.1 Å². The Bertz CT molecular complexity index is 757. The van der Waals surface area contributed by atoms with E-state index in [9.17, 15) is 0 Å². The molecule has 0 amide bonds. The van der Waals surface area contributed by atoms with Crippen LogP contribution in [0.5, 0.6) is 5.75 Å². The van der Waals surface area contributed by atoms with E-state index in [0.29, 0.717) is 35.9 Å². The molecule has 7 heteroatoms. The van der Waals surface area contributed by atoms with Gasteiger partial charge in [-0.25, -0.2) is 9.97 Å². The van der Waals surface area contributed by atoms with Crippen LogP contribution < -0.4 is 15.4 Å². The lowest BCUT2D eigenvalue weighted by atomic mass is 10.0. The molecule has 0 saturated carbocycles. The van der Waals surface area contributed by atoms with Crippen molar-refractivity contribution >= 4 is 17.2 Å². The van der Waals surface area contributed by atoms with Gasteiger partial charge in [-0.2, -0.15) is 0 Å². The van der Waals surface area contributed by atoms with Crippen LogP contribution in [0, 0.1) is 5.41 Å². The van der Waals surface area contributed by atoms with Crippen LogP contribution in [0.15, 0.2) is 30.6 Å². The third-order valence-electron chi connectivity index (χ3n) is 3.91. The van der Waals surface area contributed by atoms with Gasteiger partial charge in [0.05, 0.1) is 30.7 Å². The zero-order chi connectivity index (χ0) is 17.8. The van der Waals surface area contributed by atoms with Crippen molar-refractivity contribution < 1.29 is 9.47 Å². The van der Waals surface area contributed by atoms with E-state index in [4.69, 9.17) is 20.6 Å². The monoisotopic (exact) mass is 341 g/mol. The number of nitrogens with one attached hydrogen (secondary N) is 1. The zero-order valence-corrected chi connectivity index (χ0v) is 14.5. The minimum atomic E-state index is 0.0534. The average Bonchev–Trinajstić information content (AvgIpc) is 2.63. The molecule has 3 N–H and O–H groups in total. The van der Waals surface area contributed by atoms with E-state index in [1.54, 1.807) is 12.1 Å². The Labute approximate surface area is 147 Å². The van der Waals surface area contributed by atoms with Gasteiger partial charge in [0, 0.05) is 30.4 Å². The van der Waals surface area contributed by atoms with Crippen LogP contribution in [0.2, 0.25) is 0 Å². The number of benzene rings is 1. The molecule has 7 nitrogen and oxygen atoms in total. The highest BCUT2D eigenvalue weighted by atomic mass is 16.5. The van der Waals surface area contributed by atoms with E-state index >= 15 is 0 Å². The van der Waals surface area contributed by atoms with Crippen molar-refractivity contribution in [2.24, 2.45) is 0 Å². The summed E-state index contributed by atoms with van der Waals surface area (Å²) in [5.74, 6) is 1.48. The summed E-state index contributed by atoms with van der Waals surface area (Å²) in [4.78, 5) is 10.7. The molecule has 2 heterocycles. The molecule has 0 atom stereocenters. The fourth-order valence-electron chi connectivity index (χ4n) is 2.68. The molecule has 1 saturated heterocycles. The first-order chi connectivity index (χ1) is 12.0. The Morgan fingerprint density at radius 1 is 1.24 bits per heavy atom. The molecule has 0 bridgehead atoms. The molecule has 25 heavy (non-hydrogen) atoms. The predicted octanol–water partition coefficient (Wildman–Crippen LogP) is 2.10. The van der Waals surface area contributed by atoms with Gasteiger partial charge in [-0.05, 0) is 32.0 Å². The van der Waals surface area contributed by atoms with E-state index in [1.165, 1.54) is 6.33 Å². The third kappa shape index (κ3) is 4.06. The Kier molecular flexibility index (Phi) is 5.14. The van der Waals surface area contributed by atoms with E-state index in [0.717, 1.165) is 18.9 Å². The van der Waals surface area contributed by atoms with E-state index in [-0.39, 0.29) is 11.8 Å². The van der Waals surface area contributed by atoms with Crippen LogP contribution in [0.1, 0.15) is 25.1 Å². The molecule has 1 aliphatic rings. The minimum absolute atomic E-state index is 0.0534. The van der Waals surface area contributed by atoms with Gasteiger partial charge in [-0.15, -0.1) is 0 Å². The summed E-state index contributed by atoms with van der Waals surface area (Å²) in [6.07, 6.45) is 1.54. The standard InChI is InChI=1S/C18H23N5O2/c1-12(2)25-13-3-4-15(19)14(9-13)18(20)16-10-17(22-11-21-16)23-5-7-24-8-6-23/h3-4,9-12,20H,5-8,19H2,1-2H3. The van der Waals surface area contributed by atoms with Crippen molar-refractivity contribution in [2.75, 3.05) is 36.9 Å². The highest BCUT2D eigenvalue weighted by Crippen LogP contribution is 2.24. The fourth-order valence-corrected chi connectivity index (χ4v) is 2.68. The van der Waals surface area contributed by atoms with Crippen molar-refractivity contribution in [3.63, 3.8) is 0 Å². The van der Waals surface area contributed by atoms with E-state index in [2.05, 4.69) is 14.9 Å². The Morgan fingerprint density at radius 2 is 2.00 bits per heavy atom. The smallest absolute Gasteiger partial charge is 0.132 e. The van der Waals surface area contributed by atoms with Crippen LogP contribution in [0.25, 0.3) is 0 Å². The van der Waals surface area contributed by atoms with Crippen molar-refractivity contribution in [2.45, 2.75) is 20.0 Å². The van der Waals surface area contributed by atoms with Crippen LogP contribution >= 0.6 is 0 Å². The Balaban J connectivity index is 1.87. The molecule has 1 fully saturated rings. The predicted molar refractivity (Wildman–Crippen MR) is 97.6 cm³/mol. The first-order valence-electron chi connectivity index (χ1n) is 8.35. The molecule has 132 valence electrons. The summed E-state index contributed by atoms with van der Waals surface area (Å²) in [6.45, 7) is 6.84. The van der Waals surface area contributed by atoms with Crippen LogP contribution in [-0.2, 0) is 4.74 Å². The molecule has 0 radical (unpaired) electrons. The minimum Gasteiger partial charge on any atom is -0.491 e. The number of nitrogens with two attached hydrogens (primary N) is 1. The number of nitrogen functional groups attached to an aromatic ring is 1. The number of nitrogens with zero attached hydrogens (tertiary/aromatic N) is 3. The third-order valence-corrected chi connectivity index (χ3v) is 3.91. The topological polar surface area (TPSA) is 97.4 Å². The summed E-state index contributed by atoms with van der Waals surface area (Å²) < 4.78 is 11.1. The maximum Gasteiger partial charge on any atom is 0.132 e. The maximum atomic E-state index is 8.53. The SMILES string of the molecule is CC(C)Oc1ccc(N)c(C(=N)c2cc(N3CCOCC3)ncn2)c1. The molecule has 0 spiro atoms. The van der Waals surface area contributed by atoms with Gasteiger partial charge in [-0.1, -0.05) is 0 Å². The molecule has 1 aromatic carbocycles. The highest BCUT2D eigenvalue weighted by Gasteiger charge is 2.16. The molecule has 1 aliphatic heterocycles. The molecule has 1 aromatic heterocycles. The number of aromatic nitrogens is 2. The van der Waals surface area contributed by atoms with Crippen molar-refractivity contribution in [3.8, 4) is 5.75 Å². The zero-order valence-electron chi connectivity index (χ0n) is 14.5. The molecule has 3 rings (SSSR count). The first-order valence-corrected chi connectivity index (χ1v) is 8.35. The second-order valence-electron chi connectivity index (χ2n) is 6.15. The highest BCUT2D eigenvalue weighted by molar-refractivity contribution is 6.13. The van der Waals surface area contributed by atoms with Crippen LogP contribution in [0.3, 0.4) is 0 Å². The van der Waals surface area contributed by atoms with Gasteiger partial charge in [0.15, 0.2) is 0 Å². The second kappa shape index (κ2) is 7.48. The molecular formula is C18H23N5O2. The molecular weight excluding hydrogens is 318 g/mol. The number of hydrogen-bond acceptors (Lipinski definition) is 7. The fraction of sp³-hybridized carbons (Fsp3) is 0.389. The second-order valence-corrected chi connectivity index (χ2v) is 6.15. The van der Waals surface area contributed by atoms with Crippen LogP contribution in [0.4, 0.5) is 11.5 Å². The van der Waals surface area contributed by atoms with E-state index < -0.39 is 0 Å². The quantitative estimate of drug-likeness (QED) is 0.638. The summed E-state index contributed by atoms with van der Waals surface area (Å²) in [5, 5.41) is 8.53. The van der Waals surface area contributed by atoms with E-state index in [1.807, 2.05) is 26.0 Å². The Hall–Kier alpha value is -2.67. The lowest BCUT2D eigenvalue weighted by molar-refractivity contribution is 0.122. The normalized spacial score (nSPS) is 14.6. The van der Waals surface area contributed by atoms with Gasteiger partial charge >= 0.3 is 0 Å². The number of morpholine rings is 1. The largest absolute Gasteiger partial charge is 0.491 e. The molecule has 0 aliphatic carbocycles. The number of rotatable bonds is 5. The van der Waals surface area contributed by atoms with Gasteiger partial charge in [0.2, 0.25) is 0 Å². The first kappa shape index (κ1) is 17.2. The Morgan fingerprint density at radius 3 is 2.72 bits per heavy atom. The van der Waals surface area contributed by atoms with Crippen molar-refractivity contribution in [1.29, 1.82) is 5.41 Å². The van der Waals surface area contributed by atoms with Gasteiger partial charge < -0.3 is 20.1 Å². The summed E-state index contributed by atoms with van der Waals surface area (Å²) in [7, 11) is 0. The lowest BCUT2D eigenvalue weighted by Gasteiger charge is -2.27. The average molecular weight is 341 g/mol. The van der Waals surface area contributed by atoms with Gasteiger partial charge in [-0.3, -0.25) is 5.41 Å². The summed E-state index contributed by atoms with van der Waals surface area (Å²) in [5.41, 5.74) is 7.98.